The van der Waals surface area contributed by atoms with Crippen LogP contribution in [0.5, 0.6) is 0 Å². The highest BCUT2D eigenvalue weighted by Crippen LogP contribution is 2.24. The molecule has 1 aliphatic heterocycles. The van der Waals surface area contributed by atoms with Crippen LogP contribution in [0.3, 0.4) is 0 Å². The van der Waals surface area contributed by atoms with Crippen LogP contribution < -0.4 is 5.32 Å². The molecule has 0 saturated carbocycles. The molecule has 0 spiro atoms. The lowest BCUT2D eigenvalue weighted by atomic mass is 10.0. The Labute approximate surface area is 121 Å². The molecule has 1 unspecified atom stereocenters. The van der Waals surface area contributed by atoms with E-state index in [2.05, 4.69) is 29.1 Å². The highest BCUT2D eigenvalue weighted by molar-refractivity contribution is 7.89. The van der Waals surface area contributed by atoms with Gasteiger partial charge in [-0.05, 0) is 19.8 Å². The Morgan fingerprint density at radius 3 is 2.85 bits per heavy atom. The minimum atomic E-state index is -3.46. The number of imidazole rings is 1. The Kier molecular flexibility index (Phi) is 4.82. The van der Waals surface area contributed by atoms with Crippen molar-refractivity contribution in [2.75, 3.05) is 13.1 Å². The summed E-state index contributed by atoms with van der Waals surface area (Å²) in [6, 6.07) is 0.385. The Hall–Kier alpha value is -0.920. The van der Waals surface area contributed by atoms with Gasteiger partial charge in [0.25, 0.3) is 10.0 Å². The topological polar surface area (TPSA) is 78.1 Å². The lowest BCUT2D eigenvalue weighted by Gasteiger charge is -2.34. The molecule has 114 valence electrons. The predicted octanol–water partition coefficient (Wildman–Crippen LogP) is 1.26. The van der Waals surface area contributed by atoms with E-state index in [0.29, 0.717) is 25.0 Å². The summed E-state index contributed by atoms with van der Waals surface area (Å²) < 4.78 is 27.0. The van der Waals surface area contributed by atoms with E-state index in [4.69, 9.17) is 0 Å². The number of nitrogens with one attached hydrogen (secondary N) is 2. The average Bonchev–Trinajstić information content (AvgIpc) is 2.84. The van der Waals surface area contributed by atoms with Gasteiger partial charge in [0.2, 0.25) is 0 Å². The summed E-state index contributed by atoms with van der Waals surface area (Å²) in [6.07, 6.45) is 4.32. The predicted molar refractivity (Wildman–Crippen MR) is 78.0 cm³/mol. The van der Waals surface area contributed by atoms with E-state index in [1.807, 2.05) is 0 Å². The summed E-state index contributed by atoms with van der Waals surface area (Å²) in [5.41, 5.74) is 0. The fourth-order valence-electron chi connectivity index (χ4n) is 2.52. The second kappa shape index (κ2) is 6.24. The van der Waals surface area contributed by atoms with E-state index in [-0.39, 0.29) is 11.1 Å². The van der Waals surface area contributed by atoms with Gasteiger partial charge in [0.1, 0.15) is 5.82 Å². The number of hydrogen-bond donors (Lipinski definition) is 2. The van der Waals surface area contributed by atoms with Gasteiger partial charge >= 0.3 is 0 Å². The highest BCUT2D eigenvalue weighted by Gasteiger charge is 2.34. The summed E-state index contributed by atoms with van der Waals surface area (Å²) in [7, 11) is -3.46. The monoisotopic (exact) mass is 300 g/mol. The lowest BCUT2D eigenvalue weighted by molar-refractivity contribution is 0.241. The Balaban J connectivity index is 2.18. The van der Waals surface area contributed by atoms with Gasteiger partial charge in [-0.15, -0.1) is 0 Å². The molecular weight excluding hydrogens is 276 g/mol. The smallest absolute Gasteiger partial charge is 0.260 e. The molecule has 20 heavy (non-hydrogen) atoms. The maximum atomic E-state index is 12.7. The van der Waals surface area contributed by atoms with Gasteiger partial charge in [0, 0.05) is 25.2 Å². The second-order valence-electron chi connectivity index (χ2n) is 5.66. The summed E-state index contributed by atoms with van der Waals surface area (Å²) in [5.74, 6) is 0.623. The number of sulfonamides is 1. The standard InChI is InChI=1S/C13H24N4O2S/c1-10(2)14-8-12-6-4-5-7-17(12)20(18,19)13-9-15-11(3)16-13/h9-10,12,14H,4-8H2,1-3H3,(H,15,16). The van der Waals surface area contributed by atoms with E-state index in [0.717, 1.165) is 19.3 Å². The van der Waals surface area contributed by atoms with Crippen molar-refractivity contribution in [3.63, 3.8) is 0 Å². The van der Waals surface area contributed by atoms with Crippen LogP contribution in [0.25, 0.3) is 0 Å². The first-order valence-electron chi connectivity index (χ1n) is 7.18. The molecule has 1 fully saturated rings. The molecule has 7 heteroatoms. The Morgan fingerprint density at radius 1 is 1.50 bits per heavy atom. The number of aromatic amines is 1. The van der Waals surface area contributed by atoms with Crippen LogP contribution in [0.2, 0.25) is 0 Å². The normalized spacial score (nSPS) is 21.5. The van der Waals surface area contributed by atoms with Crippen molar-refractivity contribution in [3.8, 4) is 0 Å². The number of nitrogens with zero attached hydrogens (tertiary/aromatic N) is 2. The lowest BCUT2D eigenvalue weighted by Crippen LogP contribution is -2.49. The van der Waals surface area contributed by atoms with Crippen LogP contribution in [0.15, 0.2) is 11.2 Å². The van der Waals surface area contributed by atoms with Crippen LogP contribution in [-0.4, -0.2) is 47.9 Å². The minimum absolute atomic E-state index is 0.0276. The van der Waals surface area contributed by atoms with Gasteiger partial charge in [-0.2, -0.15) is 4.31 Å². The Bertz CT molecular complexity index is 538. The molecule has 2 rings (SSSR count). The van der Waals surface area contributed by atoms with Crippen LogP contribution >= 0.6 is 0 Å². The maximum absolute atomic E-state index is 12.7. The fraction of sp³-hybridized carbons (Fsp3) is 0.769. The third-order valence-electron chi connectivity index (χ3n) is 3.60. The molecule has 2 heterocycles. The maximum Gasteiger partial charge on any atom is 0.260 e. The van der Waals surface area contributed by atoms with Crippen molar-refractivity contribution < 1.29 is 8.42 Å². The van der Waals surface area contributed by atoms with Crippen LogP contribution in [0.1, 0.15) is 38.9 Å². The third-order valence-corrected chi connectivity index (χ3v) is 5.46. The molecule has 0 radical (unpaired) electrons. The van der Waals surface area contributed by atoms with Gasteiger partial charge in [-0.25, -0.2) is 13.4 Å². The van der Waals surface area contributed by atoms with Crippen molar-refractivity contribution in [2.24, 2.45) is 0 Å². The quantitative estimate of drug-likeness (QED) is 0.858. The van der Waals surface area contributed by atoms with Crippen molar-refractivity contribution in [2.45, 2.75) is 57.1 Å². The first kappa shape index (κ1) is 15.5. The SMILES string of the molecule is Cc1ncc(S(=O)(=O)N2CCCCC2CNC(C)C)[nH]1. The molecule has 6 nitrogen and oxygen atoms in total. The molecule has 1 atom stereocenters. The molecular formula is C13H24N4O2S. The molecule has 0 amide bonds. The summed E-state index contributed by atoms with van der Waals surface area (Å²) >= 11 is 0. The molecule has 1 aliphatic rings. The average molecular weight is 300 g/mol. The summed E-state index contributed by atoms with van der Waals surface area (Å²) in [4.78, 5) is 6.84. The minimum Gasteiger partial charge on any atom is -0.332 e. The van der Waals surface area contributed by atoms with Crippen molar-refractivity contribution in [3.05, 3.63) is 12.0 Å². The zero-order chi connectivity index (χ0) is 14.8. The van der Waals surface area contributed by atoms with Gasteiger partial charge in [-0.1, -0.05) is 20.3 Å². The van der Waals surface area contributed by atoms with E-state index in [1.165, 1.54) is 6.20 Å². The van der Waals surface area contributed by atoms with Gasteiger partial charge in [0.05, 0.1) is 6.20 Å². The summed E-state index contributed by atoms with van der Waals surface area (Å²) in [6.45, 7) is 7.18. The molecule has 0 bridgehead atoms. The largest absolute Gasteiger partial charge is 0.332 e. The van der Waals surface area contributed by atoms with E-state index in [1.54, 1.807) is 11.2 Å². The molecule has 1 saturated heterocycles. The second-order valence-corrected chi connectivity index (χ2v) is 7.52. The van der Waals surface area contributed by atoms with E-state index in [9.17, 15) is 8.42 Å². The fourth-order valence-corrected chi connectivity index (χ4v) is 4.18. The molecule has 1 aromatic heterocycles. The number of H-pyrrole nitrogens is 1. The molecule has 0 aliphatic carbocycles. The molecule has 1 aromatic rings. The Morgan fingerprint density at radius 2 is 2.25 bits per heavy atom. The first-order chi connectivity index (χ1) is 9.41. The van der Waals surface area contributed by atoms with Crippen LogP contribution in [0, 0.1) is 6.92 Å². The number of hydrogen-bond acceptors (Lipinski definition) is 4. The number of aryl methyl sites for hydroxylation is 1. The molecule has 0 aromatic carbocycles. The first-order valence-corrected chi connectivity index (χ1v) is 8.62. The van der Waals surface area contributed by atoms with Crippen LogP contribution in [0.4, 0.5) is 0 Å². The van der Waals surface area contributed by atoms with E-state index >= 15 is 0 Å². The third kappa shape index (κ3) is 3.39. The zero-order valence-corrected chi connectivity index (χ0v) is 13.2. The van der Waals surface area contributed by atoms with Gasteiger partial charge < -0.3 is 10.3 Å². The molecule has 2 N–H and O–H groups in total. The van der Waals surface area contributed by atoms with Crippen LogP contribution in [-0.2, 0) is 10.0 Å². The van der Waals surface area contributed by atoms with Gasteiger partial charge in [0.15, 0.2) is 5.03 Å². The van der Waals surface area contributed by atoms with Gasteiger partial charge in [-0.3, -0.25) is 0 Å². The highest BCUT2D eigenvalue weighted by atomic mass is 32.2. The number of piperidine rings is 1. The number of aromatic nitrogens is 2. The van der Waals surface area contributed by atoms with Crippen molar-refractivity contribution >= 4 is 10.0 Å². The van der Waals surface area contributed by atoms with Crippen molar-refractivity contribution in [1.82, 2.24) is 19.6 Å². The van der Waals surface area contributed by atoms with E-state index < -0.39 is 10.0 Å². The summed E-state index contributed by atoms with van der Waals surface area (Å²) in [5, 5.41) is 3.54. The zero-order valence-electron chi connectivity index (χ0n) is 12.4. The number of rotatable bonds is 5. The van der Waals surface area contributed by atoms with Crippen molar-refractivity contribution in [1.29, 1.82) is 0 Å².